The minimum absolute atomic E-state index is 0.00261. The van der Waals surface area contributed by atoms with Crippen molar-refractivity contribution in [3.8, 4) is 5.75 Å². The topological polar surface area (TPSA) is 73.9 Å². The van der Waals surface area contributed by atoms with Crippen LogP contribution >= 0.6 is 0 Å². The van der Waals surface area contributed by atoms with E-state index >= 15 is 0 Å². The van der Waals surface area contributed by atoms with Gasteiger partial charge in [0.2, 0.25) is 0 Å². The molecule has 0 bridgehead atoms. The van der Waals surface area contributed by atoms with E-state index in [9.17, 15) is 9.59 Å². The van der Waals surface area contributed by atoms with Gasteiger partial charge in [-0.1, -0.05) is 75.4 Å². The molecule has 0 radical (unpaired) electrons. The molecule has 0 aromatic heterocycles. The van der Waals surface area contributed by atoms with E-state index in [2.05, 4.69) is 47.3 Å². The zero-order chi connectivity index (χ0) is 31.3. The maximum absolute atomic E-state index is 13.8. The summed E-state index contributed by atoms with van der Waals surface area (Å²) in [5, 5.41) is 6.18. The third kappa shape index (κ3) is 7.05. The number of ether oxygens (including phenoxy) is 1. The molecule has 0 spiro atoms. The van der Waals surface area contributed by atoms with E-state index in [1.807, 2.05) is 91.9 Å². The van der Waals surface area contributed by atoms with Crippen molar-refractivity contribution in [2.24, 2.45) is 0 Å². The smallest absolute Gasteiger partial charge is 0.255 e. The number of amides is 2. The first kappa shape index (κ1) is 30.7. The van der Waals surface area contributed by atoms with Crippen LogP contribution in [0.1, 0.15) is 65.6 Å². The van der Waals surface area contributed by atoms with Crippen LogP contribution in [0.15, 0.2) is 97.1 Å². The Morgan fingerprint density at radius 2 is 1.36 bits per heavy atom. The average Bonchev–Trinajstić information content (AvgIpc) is 3.04. The molecule has 1 unspecified atom stereocenters. The van der Waals surface area contributed by atoms with Gasteiger partial charge in [-0.3, -0.25) is 9.59 Å². The van der Waals surface area contributed by atoms with Gasteiger partial charge in [-0.25, -0.2) is 0 Å². The first-order chi connectivity index (χ1) is 21.1. The van der Waals surface area contributed by atoms with Crippen LogP contribution in [-0.2, 0) is 5.41 Å². The van der Waals surface area contributed by atoms with Gasteiger partial charge in [0.05, 0.1) is 24.4 Å². The van der Waals surface area contributed by atoms with Crippen LogP contribution in [0.2, 0.25) is 0 Å². The number of anilines is 3. The lowest BCUT2D eigenvalue weighted by Gasteiger charge is -2.38. The highest BCUT2D eigenvalue weighted by Gasteiger charge is 2.25. The Morgan fingerprint density at radius 1 is 0.750 bits per heavy atom. The van der Waals surface area contributed by atoms with Crippen molar-refractivity contribution in [2.45, 2.75) is 39.2 Å². The third-order valence-corrected chi connectivity index (χ3v) is 8.21. The van der Waals surface area contributed by atoms with Crippen molar-refractivity contribution in [1.82, 2.24) is 5.32 Å². The number of carbonyl (C=O) groups is 2. The van der Waals surface area contributed by atoms with E-state index in [1.165, 1.54) is 0 Å². The first-order valence-corrected chi connectivity index (χ1v) is 15.2. The van der Waals surface area contributed by atoms with Crippen LogP contribution in [0.5, 0.6) is 5.75 Å². The molecular weight excluding hydrogens is 548 g/mol. The van der Waals surface area contributed by atoms with Gasteiger partial charge in [-0.2, -0.15) is 0 Å². The summed E-state index contributed by atoms with van der Waals surface area (Å²) >= 11 is 0. The van der Waals surface area contributed by atoms with Gasteiger partial charge in [0.25, 0.3) is 11.8 Å². The molecule has 1 aliphatic heterocycles. The number of benzene rings is 4. The van der Waals surface area contributed by atoms with Crippen molar-refractivity contribution >= 4 is 28.9 Å². The molecule has 0 aliphatic carbocycles. The second kappa shape index (κ2) is 13.2. The molecule has 1 atom stereocenters. The van der Waals surface area contributed by atoms with Gasteiger partial charge in [0.15, 0.2) is 0 Å². The molecular formula is C37H42N4O3. The van der Waals surface area contributed by atoms with Gasteiger partial charge in [-0.15, -0.1) is 0 Å². The highest BCUT2D eigenvalue weighted by atomic mass is 16.5. The first-order valence-electron chi connectivity index (χ1n) is 15.2. The number of piperazine rings is 1. The van der Waals surface area contributed by atoms with Gasteiger partial charge < -0.3 is 25.2 Å². The molecule has 228 valence electrons. The Kier molecular flexibility index (Phi) is 9.23. The molecule has 1 fully saturated rings. The number of methoxy groups -OCH3 is 1. The quantitative estimate of drug-likeness (QED) is 0.230. The molecule has 0 saturated carbocycles. The molecule has 44 heavy (non-hydrogen) atoms. The summed E-state index contributed by atoms with van der Waals surface area (Å²) in [6, 6.07) is 31.1. The lowest BCUT2D eigenvalue weighted by atomic mass is 9.87. The molecule has 7 nitrogen and oxygen atoms in total. The summed E-state index contributed by atoms with van der Waals surface area (Å²) in [6.45, 7) is 11.5. The lowest BCUT2D eigenvalue weighted by Crippen LogP contribution is -2.47. The molecule has 4 aromatic rings. The van der Waals surface area contributed by atoms with E-state index in [-0.39, 0.29) is 23.3 Å². The van der Waals surface area contributed by atoms with E-state index in [0.717, 1.165) is 54.4 Å². The van der Waals surface area contributed by atoms with Crippen LogP contribution in [-0.4, -0.2) is 45.1 Å². The maximum atomic E-state index is 13.8. The standard InChI is InChI=1S/C37H42N4O3/c1-26(27-11-7-6-8-12-27)38-36(43)31-25-30(39-35(42)28-15-17-29(18-16-28)37(2,3)4)19-20-32(31)40-21-23-41(24-22-40)33-13-9-10-14-34(33)44-5/h6-20,25-26H,21-24H2,1-5H3,(H,38,43)(H,39,42). The molecule has 7 heteroatoms. The minimum Gasteiger partial charge on any atom is -0.495 e. The number of rotatable bonds is 8. The van der Waals surface area contributed by atoms with E-state index in [1.54, 1.807) is 13.2 Å². The van der Waals surface area contributed by atoms with E-state index < -0.39 is 0 Å². The summed E-state index contributed by atoms with van der Waals surface area (Å²) in [5.41, 5.74) is 5.77. The van der Waals surface area contributed by atoms with E-state index in [0.29, 0.717) is 16.8 Å². The second-order valence-electron chi connectivity index (χ2n) is 12.3. The predicted octanol–water partition coefficient (Wildman–Crippen LogP) is 7.06. The van der Waals surface area contributed by atoms with Crippen molar-refractivity contribution in [1.29, 1.82) is 0 Å². The Hall–Kier alpha value is -4.78. The summed E-state index contributed by atoms with van der Waals surface area (Å²) < 4.78 is 5.59. The van der Waals surface area contributed by atoms with Crippen molar-refractivity contribution in [3.63, 3.8) is 0 Å². The van der Waals surface area contributed by atoms with Crippen LogP contribution in [0, 0.1) is 0 Å². The Labute approximate surface area is 260 Å². The van der Waals surface area contributed by atoms with Crippen LogP contribution < -0.4 is 25.2 Å². The third-order valence-electron chi connectivity index (χ3n) is 8.21. The largest absolute Gasteiger partial charge is 0.495 e. The normalized spacial score (nSPS) is 14.1. The molecule has 5 rings (SSSR count). The molecule has 4 aromatic carbocycles. The predicted molar refractivity (Wildman–Crippen MR) is 179 cm³/mol. The fraction of sp³-hybridized carbons (Fsp3) is 0.297. The molecule has 1 aliphatic rings. The fourth-order valence-electron chi connectivity index (χ4n) is 5.58. The number of para-hydroxylation sites is 2. The average molecular weight is 591 g/mol. The van der Waals surface area contributed by atoms with Crippen molar-refractivity contribution in [3.05, 3.63) is 119 Å². The zero-order valence-corrected chi connectivity index (χ0v) is 26.3. The highest BCUT2D eigenvalue weighted by molar-refractivity contribution is 6.06. The van der Waals surface area contributed by atoms with Crippen molar-refractivity contribution in [2.75, 3.05) is 48.4 Å². The Morgan fingerprint density at radius 3 is 2.00 bits per heavy atom. The van der Waals surface area contributed by atoms with Gasteiger partial charge in [0.1, 0.15) is 5.75 Å². The molecule has 2 amide bonds. The number of carbonyl (C=O) groups excluding carboxylic acids is 2. The van der Waals surface area contributed by atoms with Gasteiger partial charge in [0, 0.05) is 43.1 Å². The van der Waals surface area contributed by atoms with Crippen LogP contribution in [0.25, 0.3) is 0 Å². The number of nitrogens with one attached hydrogen (secondary N) is 2. The number of hydrogen-bond acceptors (Lipinski definition) is 5. The van der Waals surface area contributed by atoms with Gasteiger partial charge >= 0.3 is 0 Å². The Balaban J connectivity index is 1.38. The second-order valence-corrected chi connectivity index (χ2v) is 12.3. The zero-order valence-electron chi connectivity index (χ0n) is 26.3. The fourth-order valence-corrected chi connectivity index (χ4v) is 5.58. The monoisotopic (exact) mass is 590 g/mol. The summed E-state index contributed by atoms with van der Waals surface area (Å²) in [5.74, 6) is 0.450. The van der Waals surface area contributed by atoms with Crippen molar-refractivity contribution < 1.29 is 14.3 Å². The molecule has 2 N–H and O–H groups in total. The van der Waals surface area contributed by atoms with Gasteiger partial charge in [-0.05, 0) is 65.9 Å². The molecule has 1 saturated heterocycles. The summed E-state index contributed by atoms with van der Waals surface area (Å²) in [7, 11) is 1.69. The highest BCUT2D eigenvalue weighted by Crippen LogP contribution is 2.31. The SMILES string of the molecule is COc1ccccc1N1CCN(c2ccc(NC(=O)c3ccc(C(C)(C)C)cc3)cc2C(=O)NC(C)c2ccccc2)CC1. The summed E-state index contributed by atoms with van der Waals surface area (Å²) in [4.78, 5) is 31.6. The number of nitrogens with zero attached hydrogens (tertiary/aromatic N) is 2. The van der Waals surface area contributed by atoms with E-state index in [4.69, 9.17) is 4.74 Å². The Bertz CT molecular complexity index is 1590. The van der Waals surface area contributed by atoms with Crippen LogP contribution in [0.3, 0.4) is 0 Å². The molecule has 1 heterocycles. The minimum atomic E-state index is -0.215. The van der Waals surface area contributed by atoms with Crippen LogP contribution in [0.4, 0.5) is 17.1 Å². The maximum Gasteiger partial charge on any atom is 0.255 e. The number of hydrogen-bond donors (Lipinski definition) is 2. The summed E-state index contributed by atoms with van der Waals surface area (Å²) in [6.07, 6.45) is 0. The lowest BCUT2D eigenvalue weighted by molar-refractivity contribution is 0.0939.